The lowest BCUT2D eigenvalue weighted by Crippen LogP contribution is -2.07. The molecule has 0 bridgehead atoms. The van der Waals surface area contributed by atoms with Crippen LogP contribution in [0.5, 0.6) is 0 Å². The first-order chi connectivity index (χ1) is 10.1. The van der Waals surface area contributed by atoms with Gasteiger partial charge in [0.05, 0.1) is 20.9 Å². The lowest BCUT2D eigenvalue weighted by atomic mass is 10.0. The summed E-state index contributed by atoms with van der Waals surface area (Å²) in [4.78, 5) is 0. The summed E-state index contributed by atoms with van der Waals surface area (Å²) >= 11 is 9.49. The van der Waals surface area contributed by atoms with Crippen LogP contribution in [0.1, 0.15) is 30.7 Å². The molecule has 2 aromatic rings. The number of halogens is 2. The average Bonchev–Trinajstić information content (AvgIpc) is 2.51. The number of hydrogen-bond donors (Lipinski definition) is 1. The maximum absolute atomic E-state index is 9.46. The molecule has 0 atom stereocenters. The smallest absolute Gasteiger partial charge is 0.171 e. The maximum atomic E-state index is 9.46. The van der Waals surface area contributed by atoms with Crippen molar-refractivity contribution in [1.29, 1.82) is 5.26 Å². The molecule has 1 aromatic carbocycles. The summed E-state index contributed by atoms with van der Waals surface area (Å²) in [6.07, 6.45) is 1.50. The molecule has 0 unspecified atom stereocenters. The van der Waals surface area contributed by atoms with E-state index < -0.39 is 0 Å². The van der Waals surface area contributed by atoms with Crippen molar-refractivity contribution in [1.82, 2.24) is 10.2 Å². The van der Waals surface area contributed by atoms with Gasteiger partial charge in [0.15, 0.2) is 5.82 Å². The molecule has 0 spiro atoms. The minimum absolute atomic E-state index is 0.453. The van der Waals surface area contributed by atoms with Gasteiger partial charge in [-0.3, -0.25) is 0 Å². The Balaban J connectivity index is 2.50. The SMILES string of the molecule is CCc1nnc(Nc2cccc(Cl)c2Br)c(C#N)c1CC. The van der Waals surface area contributed by atoms with E-state index >= 15 is 0 Å². The Morgan fingerprint density at radius 2 is 2.05 bits per heavy atom. The fourth-order valence-electron chi connectivity index (χ4n) is 2.11. The molecule has 1 N–H and O–H groups in total. The molecule has 2 rings (SSSR count). The van der Waals surface area contributed by atoms with E-state index in [1.807, 2.05) is 26.0 Å². The predicted molar refractivity (Wildman–Crippen MR) is 87.9 cm³/mol. The molecule has 0 saturated carbocycles. The molecule has 0 aliphatic carbocycles. The first-order valence-electron chi connectivity index (χ1n) is 6.61. The monoisotopic (exact) mass is 364 g/mol. The van der Waals surface area contributed by atoms with Crippen LogP contribution >= 0.6 is 27.5 Å². The third-order valence-electron chi connectivity index (χ3n) is 3.16. The third-order valence-corrected chi connectivity index (χ3v) is 4.56. The molecule has 0 saturated heterocycles. The molecule has 0 amide bonds. The van der Waals surface area contributed by atoms with Crippen LogP contribution in [0.3, 0.4) is 0 Å². The molecule has 1 heterocycles. The van der Waals surface area contributed by atoms with Crippen molar-refractivity contribution >= 4 is 39.0 Å². The highest BCUT2D eigenvalue weighted by atomic mass is 79.9. The van der Waals surface area contributed by atoms with Crippen LogP contribution in [-0.4, -0.2) is 10.2 Å². The van der Waals surface area contributed by atoms with Crippen LogP contribution in [0.4, 0.5) is 11.5 Å². The summed E-state index contributed by atoms with van der Waals surface area (Å²) in [6, 6.07) is 7.70. The summed E-state index contributed by atoms with van der Waals surface area (Å²) in [5, 5.41) is 21.5. The molecule has 0 radical (unpaired) electrons. The third kappa shape index (κ3) is 3.17. The molecule has 0 aliphatic rings. The van der Waals surface area contributed by atoms with Crippen LogP contribution in [0.25, 0.3) is 0 Å². The Hall–Kier alpha value is -1.64. The Labute approximate surface area is 137 Å². The Bertz CT molecular complexity index is 710. The maximum Gasteiger partial charge on any atom is 0.171 e. The number of aromatic nitrogens is 2. The predicted octanol–water partition coefficient (Wildman–Crippen LogP) is 4.63. The molecule has 1 aromatic heterocycles. The summed E-state index contributed by atoms with van der Waals surface area (Å²) in [6.45, 7) is 4.01. The normalized spacial score (nSPS) is 10.2. The Morgan fingerprint density at radius 3 is 2.67 bits per heavy atom. The molecule has 6 heteroatoms. The van der Waals surface area contributed by atoms with Gasteiger partial charge in [-0.05, 0) is 46.5 Å². The number of hydrogen-bond acceptors (Lipinski definition) is 4. The van der Waals surface area contributed by atoms with Crippen LogP contribution in [0, 0.1) is 11.3 Å². The number of nitrogens with zero attached hydrogens (tertiary/aromatic N) is 3. The minimum Gasteiger partial charge on any atom is -0.337 e. The first kappa shape index (κ1) is 15.7. The summed E-state index contributed by atoms with van der Waals surface area (Å²) in [7, 11) is 0. The van der Waals surface area contributed by atoms with Gasteiger partial charge in [0.25, 0.3) is 0 Å². The molecule has 0 fully saturated rings. The topological polar surface area (TPSA) is 61.6 Å². The zero-order chi connectivity index (χ0) is 15.4. The van der Waals surface area contributed by atoms with Crippen molar-refractivity contribution in [3.63, 3.8) is 0 Å². The van der Waals surface area contributed by atoms with E-state index in [0.717, 1.165) is 34.3 Å². The van der Waals surface area contributed by atoms with Gasteiger partial charge in [-0.25, -0.2) is 0 Å². The van der Waals surface area contributed by atoms with Gasteiger partial charge in [-0.2, -0.15) is 10.4 Å². The number of aryl methyl sites for hydroxylation is 1. The number of benzene rings is 1. The van der Waals surface area contributed by atoms with Gasteiger partial charge < -0.3 is 5.32 Å². The van der Waals surface area contributed by atoms with Crippen molar-refractivity contribution in [2.75, 3.05) is 5.32 Å². The van der Waals surface area contributed by atoms with E-state index in [-0.39, 0.29) is 0 Å². The van der Waals surface area contributed by atoms with Crippen molar-refractivity contribution in [3.05, 3.63) is 44.5 Å². The second-order valence-electron chi connectivity index (χ2n) is 4.39. The summed E-state index contributed by atoms with van der Waals surface area (Å²) in [5.74, 6) is 0.453. The molecule has 108 valence electrons. The molecule has 0 aliphatic heterocycles. The van der Waals surface area contributed by atoms with E-state index in [1.165, 1.54) is 0 Å². The van der Waals surface area contributed by atoms with Gasteiger partial charge in [-0.1, -0.05) is 31.5 Å². The molecular formula is C15H14BrClN4. The fourth-order valence-corrected chi connectivity index (χ4v) is 2.65. The zero-order valence-electron chi connectivity index (χ0n) is 11.7. The highest BCUT2D eigenvalue weighted by Gasteiger charge is 2.15. The van der Waals surface area contributed by atoms with E-state index in [4.69, 9.17) is 11.6 Å². The number of nitrogens with one attached hydrogen (secondary N) is 1. The van der Waals surface area contributed by atoms with Crippen LogP contribution < -0.4 is 5.32 Å². The summed E-state index contributed by atoms with van der Waals surface area (Å²) < 4.78 is 0.731. The average molecular weight is 366 g/mol. The molecular weight excluding hydrogens is 352 g/mol. The highest BCUT2D eigenvalue weighted by molar-refractivity contribution is 9.10. The van der Waals surface area contributed by atoms with Gasteiger partial charge >= 0.3 is 0 Å². The van der Waals surface area contributed by atoms with Crippen molar-refractivity contribution in [2.45, 2.75) is 26.7 Å². The second kappa shape index (κ2) is 6.88. The highest BCUT2D eigenvalue weighted by Crippen LogP contribution is 2.33. The van der Waals surface area contributed by atoms with E-state index in [2.05, 4.69) is 37.5 Å². The zero-order valence-corrected chi connectivity index (χ0v) is 14.1. The van der Waals surface area contributed by atoms with E-state index in [9.17, 15) is 5.26 Å². The minimum atomic E-state index is 0.453. The van der Waals surface area contributed by atoms with Gasteiger partial charge in [0.2, 0.25) is 0 Å². The van der Waals surface area contributed by atoms with Crippen molar-refractivity contribution < 1.29 is 0 Å². The van der Waals surface area contributed by atoms with Gasteiger partial charge in [0, 0.05) is 0 Å². The number of anilines is 2. The second-order valence-corrected chi connectivity index (χ2v) is 5.59. The van der Waals surface area contributed by atoms with Gasteiger partial charge in [0.1, 0.15) is 11.6 Å². The quantitative estimate of drug-likeness (QED) is 0.858. The lowest BCUT2D eigenvalue weighted by molar-refractivity contribution is 0.877. The Kier molecular flexibility index (Phi) is 5.16. The van der Waals surface area contributed by atoms with Crippen LogP contribution in [-0.2, 0) is 12.8 Å². The Morgan fingerprint density at radius 1 is 1.29 bits per heavy atom. The number of nitriles is 1. The van der Waals surface area contributed by atoms with E-state index in [0.29, 0.717) is 16.4 Å². The standard InChI is InChI=1S/C15H14BrClN4/c1-3-9-10(8-18)15(21-20-12(9)4-2)19-13-7-5-6-11(17)14(13)16/h5-7H,3-4H2,1-2H3,(H,19,21). The van der Waals surface area contributed by atoms with Gasteiger partial charge in [-0.15, -0.1) is 5.10 Å². The fraction of sp³-hybridized carbons (Fsp3) is 0.267. The molecule has 21 heavy (non-hydrogen) atoms. The number of rotatable bonds is 4. The van der Waals surface area contributed by atoms with E-state index in [1.54, 1.807) is 6.07 Å². The largest absolute Gasteiger partial charge is 0.337 e. The lowest BCUT2D eigenvalue weighted by Gasteiger charge is -2.13. The van der Waals surface area contributed by atoms with Crippen LogP contribution in [0.15, 0.2) is 22.7 Å². The summed E-state index contributed by atoms with van der Waals surface area (Å²) in [5.41, 5.74) is 3.09. The van der Waals surface area contributed by atoms with Crippen molar-refractivity contribution in [2.24, 2.45) is 0 Å². The first-order valence-corrected chi connectivity index (χ1v) is 7.79. The van der Waals surface area contributed by atoms with Crippen molar-refractivity contribution in [3.8, 4) is 6.07 Å². The molecule has 4 nitrogen and oxygen atoms in total. The van der Waals surface area contributed by atoms with Crippen LogP contribution in [0.2, 0.25) is 5.02 Å².